The smallest absolute Gasteiger partial charge is 0.309 e. The molecule has 0 aromatic rings. The van der Waals surface area contributed by atoms with E-state index in [1.165, 1.54) is 5.57 Å². The van der Waals surface area contributed by atoms with Gasteiger partial charge in [0.15, 0.2) is 5.78 Å². The molecule has 5 aliphatic carbocycles. The summed E-state index contributed by atoms with van der Waals surface area (Å²) >= 11 is 0. The van der Waals surface area contributed by atoms with Crippen molar-refractivity contribution in [3.8, 4) is 0 Å². The predicted octanol–water partition coefficient (Wildman–Crippen LogP) is 9.02. The molecule has 5 aliphatic rings. The third kappa shape index (κ3) is 6.73. The van der Waals surface area contributed by atoms with Gasteiger partial charge in [0.1, 0.15) is 6.10 Å². The predicted molar refractivity (Wildman–Crippen MR) is 194 cm³/mol. The monoisotopic (exact) mass is 679 g/mol. The van der Waals surface area contributed by atoms with Crippen molar-refractivity contribution in [1.29, 1.82) is 0 Å². The first kappa shape index (κ1) is 39.1. The van der Waals surface area contributed by atoms with Gasteiger partial charge in [-0.25, -0.2) is 0 Å². The molecular weight excluding hydrogens is 614 g/mol. The quantitative estimate of drug-likeness (QED) is 0.158. The zero-order chi connectivity index (χ0) is 36.9. The first-order chi connectivity index (χ1) is 22.6. The van der Waals surface area contributed by atoms with E-state index >= 15 is 0 Å². The number of Topliss-reactive ketones (excluding diaryl/α,β-unsaturated/α-hetero) is 1. The third-order valence-electron chi connectivity index (χ3n) is 14.0. The maximum absolute atomic E-state index is 13.6. The van der Waals surface area contributed by atoms with Crippen molar-refractivity contribution >= 4 is 23.6 Å². The Morgan fingerprint density at radius 3 is 2.12 bits per heavy atom. The van der Waals surface area contributed by atoms with Crippen molar-refractivity contribution in [2.24, 2.45) is 51.2 Å². The highest BCUT2D eigenvalue weighted by atomic mass is 16.5. The fraction of sp³-hybridized carbons (Fsp3) is 0.762. The molecule has 274 valence electrons. The van der Waals surface area contributed by atoms with E-state index in [0.717, 1.165) is 56.9 Å². The second-order valence-corrected chi connectivity index (χ2v) is 18.3. The molecule has 7 heteroatoms. The summed E-state index contributed by atoms with van der Waals surface area (Å²) in [6, 6.07) is 0. The van der Waals surface area contributed by atoms with Crippen molar-refractivity contribution in [2.45, 2.75) is 152 Å². The molecule has 8 atom stereocenters. The number of fused-ring (bicyclic) bond motifs is 7. The molecule has 0 radical (unpaired) electrons. The van der Waals surface area contributed by atoms with Crippen LogP contribution in [0.5, 0.6) is 0 Å². The first-order valence-electron chi connectivity index (χ1n) is 18.9. The number of carboxylic acids is 1. The van der Waals surface area contributed by atoms with E-state index in [-0.39, 0.29) is 52.3 Å². The van der Waals surface area contributed by atoms with Crippen LogP contribution in [0, 0.1) is 51.2 Å². The number of aliphatic carboxylic acids is 1. The van der Waals surface area contributed by atoms with Crippen LogP contribution in [-0.4, -0.2) is 40.4 Å². The highest BCUT2D eigenvalue weighted by molar-refractivity contribution is 6.03. The van der Waals surface area contributed by atoms with Crippen LogP contribution in [0.2, 0.25) is 0 Å². The van der Waals surface area contributed by atoms with Crippen LogP contribution in [0.3, 0.4) is 0 Å². The van der Waals surface area contributed by atoms with Crippen molar-refractivity contribution in [2.75, 3.05) is 0 Å². The molecule has 7 nitrogen and oxygen atoms in total. The summed E-state index contributed by atoms with van der Waals surface area (Å²) in [6.07, 6.45) is 11.8. The van der Waals surface area contributed by atoms with Gasteiger partial charge in [-0.05, 0) is 138 Å². The Morgan fingerprint density at radius 2 is 1.57 bits per heavy atom. The van der Waals surface area contributed by atoms with E-state index in [4.69, 9.17) is 4.74 Å². The molecule has 0 spiro atoms. The summed E-state index contributed by atoms with van der Waals surface area (Å²) in [5.74, 6) is 0.402. The molecule has 2 N–H and O–H groups in total. The molecule has 0 aliphatic heterocycles. The first-order valence-corrected chi connectivity index (χ1v) is 18.9. The number of nitrogens with one attached hydrogen (secondary N) is 1. The normalized spacial score (nSPS) is 36.5. The average Bonchev–Trinajstić information content (AvgIpc) is 3.30. The largest absolute Gasteiger partial charge is 0.481 e. The highest BCUT2D eigenvalue weighted by Crippen LogP contribution is 2.72. The fourth-order valence-electron chi connectivity index (χ4n) is 11.6. The van der Waals surface area contributed by atoms with E-state index in [2.05, 4.69) is 53.4 Å². The fourth-order valence-corrected chi connectivity index (χ4v) is 11.6. The van der Waals surface area contributed by atoms with E-state index in [9.17, 15) is 24.3 Å². The lowest BCUT2D eigenvalue weighted by atomic mass is 9.37. The Balaban J connectivity index is 0.00000128. The van der Waals surface area contributed by atoms with Gasteiger partial charge < -0.3 is 15.2 Å². The zero-order valence-electron chi connectivity index (χ0n) is 32.4. The molecule has 0 aromatic heterocycles. The van der Waals surface area contributed by atoms with Crippen molar-refractivity contribution in [3.05, 3.63) is 35.5 Å². The third-order valence-corrected chi connectivity index (χ3v) is 14.0. The second-order valence-electron chi connectivity index (χ2n) is 18.3. The van der Waals surface area contributed by atoms with Gasteiger partial charge in [-0.3, -0.25) is 19.2 Å². The van der Waals surface area contributed by atoms with Gasteiger partial charge in [0.05, 0.1) is 17.4 Å². The zero-order valence-corrected chi connectivity index (χ0v) is 32.4. The van der Waals surface area contributed by atoms with Gasteiger partial charge in [-0.1, -0.05) is 60.3 Å². The number of ether oxygens (including phenoxy) is 1. The molecule has 0 saturated heterocycles. The molecule has 8 unspecified atom stereocenters. The number of hydrogen-bond donors (Lipinski definition) is 2. The molecule has 4 fully saturated rings. The van der Waals surface area contributed by atoms with Gasteiger partial charge in [0.2, 0.25) is 5.91 Å². The number of carboxylic acid groups (broad SMARTS) is 1. The van der Waals surface area contributed by atoms with Crippen LogP contribution in [0.15, 0.2) is 35.5 Å². The molecule has 4 saturated carbocycles. The van der Waals surface area contributed by atoms with Gasteiger partial charge in [0, 0.05) is 17.4 Å². The van der Waals surface area contributed by atoms with Crippen LogP contribution in [0.4, 0.5) is 0 Å². The number of rotatable bonds is 7. The van der Waals surface area contributed by atoms with Crippen LogP contribution in [-0.2, 0) is 23.9 Å². The summed E-state index contributed by atoms with van der Waals surface area (Å²) in [6.45, 7) is 26.5. The Hall–Kier alpha value is -2.70. The summed E-state index contributed by atoms with van der Waals surface area (Å²) < 4.78 is 6.10. The van der Waals surface area contributed by atoms with Gasteiger partial charge >= 0.3 is 11.9 Å². The lowest BCUT2D eigenvalue weighted by Crippen LogP contribution is -2.64. The minimum absolute atomic E-state index is 0.0914. The van der Waals surface area contributed by atoms with E-state index in [1.807, 2.05) is 26.0 Å². The molecule has 1 amide bonds. The van der Waals surface area contributed by atoms with Crippen LogP contribution < -0.4 is 5.32 Å². The summed E-state index contributed by atoms with van der Waals surface area (Å²) in [7, 11) is 0. The molecule has 49 heavy (non-hydrogen) atoms. The number of amides is 1. The van der Waals surface area contributed by atoms with E-state index in [0.29, 0.717) is 29.7 Å². The lowest BCUT2D eigenvalue weighted by molar-refractivity contribution is -0.213. The van der Waals surface area contributed by atoms with Gasteiger partial charge in [0.25, 0.3) is 0 Å². The average molecular weight is 680 g/mol. The Kier molecular flexibility index (Phi) is 11.0. The lowest BCUT2D eigenvalue weighted by Gasteiger charge is -2.68. The van der Waals surface area contributed by atoms with E-state index < -0.39 is 22.9 Å². The van der Waals surface area contributed by atoms with Crippen LogP contribution in [0.25, 0.3) is 0 Å². The van der Waals surface area contributed by atoms with Crippen molar-refractivity contribution < 1.29 is 29.0 Å². The van der Waals surface area contributed by atoms with Gasteiger partial charge in [-0.2, -0.15) is 0 Å². The van der Waals surface area contributed by atoms with E-state index in [1.54, 1.807) is 20.8 Å². The number of ketones is 1. The summed E-state index contributed by atoms with van der Waals surface area (Å²) in [4.78, 5) is 51.2. The minimum Gasteiger partial charge on any atom is -0.481 e. The molecule has 0 heterocycles. The maximum Gasteiger partial charge on any atom is 0.309 e. The molecule has 0 aromatic carbocycles. The number of esters is 1. The number of hydrogen-bond acceptors (Lipinski definition) is 5. The topological polar surface area (TPSA) is 110 Å². The van der Waals surface area contributed by atoms with Crippen molar-refractivity contribution in [1.82, 2.24) is 5.32 Å². The summed E-state index contributed by atoms with van der Waals surface area (Å²) in [5.41, 5.74) is 0.913. The Morgan fingerprint density at radius 1 is 0.959 bits per heavy atom. The summed E-state index contributed by atoms with van der Waals surface area (Å²) in [5, 5.41) is 12.9. The number of allylic oxidation sites excluding steroid dienone is 3. The van der Waals surface area contributed by atoms with Gasteiger partial charge in [-0.15, -0.1) is 0 Å². The molecular formula is C42H65NO6. The maximum atomic E-state index is 13.6. The number of carbonyl (C=O) groups excluding carboxylic acids is 3. The second kappa shape index (κ2) is 13.8. The minimum atomic E-state index is -1.16. The number of carbonyl (C=O) groups is 4. The Bertz CT molecular complexity index is 1410. The standard InChI is InChI=1S/C38H57NO6.C4H8/c1-21(2)30-25(40)19-38(39-32(42)22(3)4)18-13-24-23(31(30)38)11-12-27-36(24,9)16-14-26-35(7,8)28(15-17-37(26,27)10)45-29(41)20-34(5,6)33(43)44;1-3-4-2/h21,23-24,26-28H,3,11-20H2,1-2,4-10H3,(H,39,42)(H,43,44);3-4H,1-2H3/b;4-3-. The van der Waals surface area contributed by atoms with Crippen molar-refractivity contribution in [3.63, 3.8) is 0 Å². The molecule has 5 rings (SSSR count). The molecule has 0 bridgehead atoms. The SMILES string of the molecule is C/C=C\C.C=C(C)C(=O)NC12CCC3C(CCC4C3(C)CCC3C(C)(C)C(OC(=O)CC(C)(C)C(=O)O)CCC34C)C1=C(C(C)C)C(=O)C2. The van der Waals surface area contributed by atoms with Crippen LogP contribution in [0.1, 0.15) is 140 Å². The highest BCUT2D eigenvalue weighted by Gasteiger charge is 2.67. The Labute approximate surface area is 296 Å². The van der Waals surface area contributed by atoms with Crippen LogP contribution >= 0.6 is 0 Å².